The molecule has 1 aromatic rings. The van der Waals surface area contributed by atoms with E-state index in [1.807, 2.05) is 30.3 Å². The van der Waals surface area contributed by atoms with Crippen LogP contribution in [-0.2, 0) is 11.3 Å². The molecule has 2 rings (SSSR count). The molecule has 110 valence electrons. The topological polar surface area (TPSA) is 32.3 Å². The van der Waals surface area contributed by atoms with Crippen LogP contribution in [0, 0.1) is 0 Å². The van der Waals surface area contributed by atoms with Gasteiger partial charge in [-0.25, -0.2) is 8.78 Å². The Morgan fingerprint density at radius 1 is 1.35 bits per heavy atom. The summed E-state index contributed by atoms with van der Waals surface area (Å²) in [5, 5.41) is 3.22. The second-order valence-electron chi connectivity index (χ2n) is 5.15. The highest BCUT2D eigenvalue weighted by atomic mass is 19.3. The molecule has 1 aromatic carbocycles. The lowest BCUT2D eigenvalue weighted by Gasteiger charge is -2.24. The predicted octanol–water partition coefficient (Wildman–Crippen LogP) is 2.42. The van der Waals surface area contributed by atoms with E-state index in [1.54, 1.807) is 0 Å². The highest BCUT2D eigenvalue weighted by Gasteiger charge is 2.23. The summed E-state index contributed by atoms with van der Waals surface area (Å²) in [6.45, 7) is 0.655. The van der Waals surface area contributed by atoms with Crippen molar-refractivity contribution in [3.63, 3.8) is 0 Å². The molecule has 1 fully saturated rings. The maximum Gasteiger partial charge on any atom is 0.255 e. The fraction of sp³-hybridized carbons (Fsp3) is 0.533. The Balaban J connectivity index is 1.96. The third-order valence-electron chi connectivity index (χ3n) is 3.51. The maximum atomic E-state index is 12.7. The van der Waals surface area contributed by atoms with Gasteiger partial charge in [-0.2, -0.15) is 0 Å². The normalized spacial score (nSPS) is 18.4. The van der Waals surface area contributed by atoms with Gasteiger partial charge in [0, 0.05) is 19.0 Å². The third kappa shape index (κ3) is 4.56. The summed E-state index contributed by atoms with van der Waals surface area (Å²) in [4.78, 5) is 13.5. The lowest BCUT2D eigenvalue weighted by Crippen LogP contribution is -2.38. The van der Waals surface area contributed by atoms with E-state index in [0.717, 1.165) is 24.9 Å². The minimum Gasteiger partial charge on any atom is -0.333 e. The molecule has 1 unspecified atom stereocenters. The molecule has 5 heteroatoms. The molecule has 0 aromatic heterocycles. The van der Waals surface area contributed by atoms with Crippen molar-refractivity contribution in [2.45, 2.75) is 38.3 Å². The van der Waals surface area contributed by atoms with E-state index < -0.39 is 13.0 Å². The summed E-state index contributed by atoms with van der Waals surface area (Å²) >= 11 is 0. The fourth-order valence-electron chi connectivity index (χ4n) is 2.50. The molecule has 1 atom stereocenters. The molecule has 0 bridgehead atoms. The molecule has 1 amide bonds. The minimum atomic E-state index is -2.50. The maximum absolute atomic E-state index is 12.7. The van der Waals surface area contributed by atoms with Gasteiger partial charge >= 0.3 is 0 Å². The number of nitrogens with one attached hydrogen (secondary N) is 1. The molecule has 0 saturated carbocycles. The Hall–Kier alpha value is -1.49. The highest BCUT2D eigenvalue weighted by Crippen LogP contribution is 2.14. The van der Waals surface area contributed by atoms with Crippen molar-refractivity contribution in [2.24, 2.45) is 0 Å². The average molecular weight is 282 g/mol. The molecule has 1 aliphatic heterocycles. The van der Waals surface area contributed by atoms with Gasteiger partial charge in [-0.15, -0.1) is 0 Å². The summed E-state index contributed by atoms with van der Waals surface area (Å²) in [5.74, 6) is -0.200. The first-order valence-corrected chi connectivity index (χ1v) is 6.98. The zero-order valence-electron chi connectivity index (χ0n) is 11.4. The fourth-order valence-corrected chi connectivity index (χ4v) is 2.50. The number of amides is 1. The van der Waals surface area contributed by atoms with Gasteiger partial charge in [0.1, 0.15) is 0 Å². The quantitative estimate of drug-likeness (QED) is 0.869. The largest absolute Gasteiger partial charge is 0.333 e. The van der Waals surface area contributed by atoms with Crippen LogP contribution in [0.3, 0.4) is 0 Å². The Morgan fingerprint density at radius 3 is 2.70 bits per heavy atom. The number of carbonyl (C=O) groups excluding carboxylic acids is 1. The molecule has 1 heterocycles. The molecule has 1 aliphatic rings. The van der Waals surface area contributed by atoms with Crippen molar-refractivity contribution in [1.82, 2.24) is 10.2 Å². The number of benzene rings is 1. The first-order chi connectivity index (χ1) is 9.65. The van der Waals surface area contributed by atoms with Crippen molar-refractivity contribution in [1.29, 1.82) is 0 Å². The van der Waals surface area contributed by atoms with Crippen molar-refractivity contribution < 1.29 is 13.6 Å². The van der Waals surface area contributed by atoms with Gasteiger partial charge in [0.25, 0.3) is 6.43 Å². The minimum absolute atomic E-state index is 0.137. The third-order valence-corrected chi connectivity index (χ3v) is 3.51. The molecule has 20 heavy (non-hydrogen) atoms. The summed E-state index contributed by atoms with van der Waals surface area (Å²) in [7, 11) is 0. The standard InChI is InChI=1S/C15H20F2N2O/c16-14(17)11-19(10-12-5-2-1-3-6-12)15(20)9-13-7-4-8-18-13/h1-3,5-6,13-14,18H,4,7-11H2. The Kier molecular flexibility index (Phi) is 5.47. The van der Waals surface area contributed by atoms with Crippen LogP contribution in [0.1, 0.15) is 24.8 Å². The molecule has 0 radical (unpaired) electrons. The van der Waals surface area contributed by atoms with Gasteiger partial charge in [-0.3, -0.25) is 4.79 Å². The van der Waals surface area contributed by atoms with Crippen LogP contribution in [0.15, 0.2) is 30.3 Å². The van der Waals surface area contributed by atoms with Crippen molar-refractivity contribution in [3.05, 3.63) is 35.9 Å². The highest BCUT2D eigenvalue weighted by molar-refractivity contribution is 5.77. The molecular weight excluding hydrogens is 262 g/mol. The lowest BCUT2D eigenvalue weighted by molar-refractivity contribution is -0.134. The summed E-state index contributed by atoms with van der Waals surface area (Å²) in [6, 6.07) is 9.39. The van der Waals surface area contributed by atoms with Gasteiger partial charge in [0.2, 0.25) is 5.91 Å². The number of halogens is 2. The zero-order valence-corrected chi connectivity index (χ0v) is 11.4. The van der Waals surface area contributed by atoms with E-state index in [-0.39, 0.29) is 18.5 Å². The van der Waals surface area contributed by atoms with Crippen LogP contribution in [0.4, 0.5) is 8.78 Å². The molecule has 0 aliphatic carbocycles. The Bertz CT molecular complexity index is 419. The number of nitrogens with zero attached hydrogens (tertiary/aromatic N) is 1. The molecular formula is C15H20F2N2O. The van der Waals surface area contributed by atoms with Crippen LogP contribution in [0.2, 0.25) is 0 Å². The Labute approximate surface area is 118 Å². The van der Waals surface area contributed by atoms with E-state index in [1.165, 1.54) is 4.90 Å². The first kappa shape index (κ1) is 14.9. The van der Waals surface area contributed by atoms with Gasteiger partial charge in [-0.05, 0) is 24.9 Å². The SMILES string of the molecule is O=C(CC1CCCN1)N(Cc1ccccc1)CC(F)F. The van der Waals surface area contributed by atoms with Gasteiger partial charge in [0.05, 0.1) is 6.54 Å². The van der Waals surface area contributed by atoms with Gasteiger partial charge in [-0.1, -0.05) is 30.3 Å². The Morgan fingerprint density at radius 2 is 2.10 bits per heavy atom. The number of alkyl halides is 2. The zero-order chi connectivity index (χ0) is 14.4. The van der Waals surface area contributed by atoms with Crippen molar-refractivity contribution in [3.8, 4) is 0 Å². The number of hydrogen-bond donors (Lipinski definition) is 1. The van der Waals surface area contributed by atoms with Gasteiger partial charge in [0.15, 0.2) is 0 Å². The molecule has 0 spiro atoms. The number of rotatable bonds is 6. The van der Waals surface area contributed by atoms with Crippen molar-refractivity contribution in [2.75, 3.05) is 13.1 Å². The smallest absolute Gasteiger partial charge is 0.255 e. The summed E-state index contributed by atoms with van der Waals surface area (Å²) < 4.78 is 25.3. The van der Waals surface area contributed by atoms with Crippen LogP contribution in [-0.4, -0.2) is 36.4 Å². The second kappa shape index (κ2) is 7.33. The van der Waals surface area contributed by atoms with Crippen LogP contribution in [0.5, 0.6) is 0 Å². The van der Waals surface area contributed by atoms with Crippen LogP contribution in [0.25, 0.3) is 0 Å². The van der Waals surface area contributed by atoms with Crippen molar-refractivity contribution >= 4 is 5.91 Å². The molecule has 1 saturated heterocycles. The molecule has 1 N–H and O–H groups in total. The predicted molar refractivity (Wildman–Crippen MR) is 73.5 cm³/mol. The van der Waals surface area contributed by atoms with E-state index in [0.29, 0.717) is 6.42 Å². The lowest BCUT2D eigenvalue weighted by atomic mass is 10.1. The van der Waals surface area contributed by atoms with Crippen LogP contribution < -0.4 is 5.32 Å². The number of carbonyl (C=O) groups is 1. The average Bonchev–Trinajstić information content (AvgIpc) is 2.91. The number of hydrogen-bond acceptors (Lipinski definition) is 2. The monoisotopic (exact) mass is 282 g/mol. The van der Waals surface area contributed by atoms with Gasteiger partial charge < -0.3 is 10.2 Å². The van der Waals surface area contributed by atoms with E-state index in [4.69, 9.17) is 0 Å². The van der Waals surface area contributed by atoms with Crippen LogP contribution >= 0.6 is 0 Å². The van der Waals surface area contributed by atoms with E-state index in [9.17, 15) is 13.6 Å². The first-order valence-electron chi connectivity index (χ1n) is 6.98. The summed E-state index contributed by atoms with van der Waals surface area (Å²) in [6.07, 6.45) is -0.204. The molecule has 3 nitrogen and oxygen atoms in total. The summed E-state index contributed by atoms with van der Waals surface area (Å²) in [5.41, 5.74) is 0.876. The van der Waals surface area contributed by atoms with E-state index >= 15 is 0 Å². The second-order valence-corrected chi connectivity index (χ2v) is 5.15. The van der Waals surface area contributed by atoms with E-state index in [2.05, 4.69) is 5.32 Å².